The third-order valence-electron chi connectivity index (χ3n) is 3.04. The molecule has 0 saturated heterocycles. The first-order valence-corrected chi connectivity index (χ1v) is 8.53. The third-order valence-corrected chi connectivity index (χ3v) is 4.02. The minimum absolute atomic E-state index is 0.137. The Morgan fingerprint density at radius 1 is 1.04 bits per heavy atom. The first-order valence-electron chi connectivity index (χ1n) is 7.37. The fraction of sp³-hybridized carbons (Fsp3) is 0.222. The van der Waals surface area contributed by atoms with Gasteiger partial charge in [-0.3, -0.25) is 9.59 Å². The van der Waals surface area contributed by atoms with E-state index < -0.39 is 0 Å². The molecule has 5 heteroatoms. The van der Waals surface area contributed by atoms with E-state index in [2.05, 4.69) is 5.32 Å². The highest BCUT2D eigenvalue weighted by molar-refractivity contribution is 7.99. The van der Waals surface area contributed by atoms with Gasteiger partial charge < -0.3 is 10.1 Å². The highest BCUT2D eigenvalue weighted by Gasteiger charge is 2.06. The normalized spacial score (nSPS) is 10.1. The summed E-state index contributed by atoms with van der Waals surface area (Å²) in [5, 5.41) is 2.84. The summed E-state index contributed by atoms with van der Waals surface area (Å²) in [5.74, 6) is 0.710. The lowest BCUT2D eigenvalue weighted by atomic mass is 10.1. The monoisotopic (exact) mass is 329 g/mol. The van der Waals surface area contributed by atoms with Crippen molar-refractivity contribution >= 4 is 29.3 Å². The van der Waals surface area contributed by atoms with Crippen LogP contribution < -0.4 is 5.32 Å². The molecule has 2 rings (SSSR count). The molecule has 2 aromatic carbocycles. The van der Waals surface area contributed by atoms with Gasteiger partial charge in [0.2, 0.25) is 0 Å². The minimum atomic E-state index is -0.198. The number of esters is 1. The lowest BCUT2D eigenvalue weighted by Crippen LogP contribution is -2.11. The second-order valence-corrected chi connectivity index (χ2v) is 5.80. The zero-order valence-electron chi connectivity index (χ0n) is 13.0. The number of thioether (sulfide) groups is 1. The van der Waals surface area contributed by atoms with Crippen molar-refractivity contribution in [1.29, 1.82) is 0 Å². The summed E-state index contributed by atoms with van der Waals surface area (Å²) < 4.78 is 4.87. The average molecular weight is 329 g/mol. The minimum Gasteiger partial charge on any atom is -0.465 e. The van der Waals surface area contributed by atoms with Crippen LogP contribution in [-0.2, 0) is 15.3 Å². The summed E-state index contributed by atoms with van der Waals surface area (Å²) in [4.78, 5) is 23.4. The number of anilines is 1. The Morgan fingerprint density at radius 3 is 2.39 bits per heavy atom. The van der Waals surface area contributed by atoms with Crippen molar-refractivity contribution in [3.8, 4) is 0 Å². The van der Waals surface area contributed by atoms with Crippen molar-refractivity contribution in [3.63, 3.8) is 0 Å². The number of para-hydroxylation sites is 1. The Bertz CT molecular complexity index is 641. The number of benzene rings is 2. The van der Waals surface area contributed by atoms with E-state index in [0.29, 0.717) is 23.7 Å². The predicted octanol–water partition coefficient (Wildman–Crippen LogP) is 3.74. The number of carbonyl (C=O) groups is 2. The van der Waals surface area contributed by atoms with Gasteiger partial charge in [-0.25, -0.2) is 0 Å². The van der Waals surface area contributed by atoms with Gasteiger partial charge in [0.25, 0.3) is 5.91 Å². The van der Waals surface area contributed by atoms with E-state index in [9.17, 15) is 9.59 Å². The zero-order valence-corrected chi connectivity index (χ0v) is 13.8. The zero-order chi connectivity index (χ0) is 16.5. The van der Waals surface area contributed by atoms with Gasteiger partial charge in [-0.2, -0.15) is 0 Å². The van der Waals surface area contributed by atoms with E-state index in [0.717, 1.165) is 11.3 Å². The molecule has 0 saturated carbocycles. The van der Waals surface area contributed by atoms with Crippen LogP contribution in [0.5, 0.6) is 0 Å². The number of rotatable bonds is 7. The Labute approximate surface area is 140 Å². The van der Waals surface area contributed by atoms with E-state index in [-0.39, 0.29) is 11.9 Å². The fourth-order valence-corrected chi connectivity index (χ4v) is 2.71. The molecule has 0 aliphatic carbocycles. The van der Waals surface area contributed by atoms with Crippen molar-refractivity contribution in [1.82, 2.24) is 0 Å². The molecule has 0 bridgehead atoms. The molecule has 23 heavy (non-hydrogen) atoms. The molecule has 2 aromatic rings. The maximum atomic E-state index is 12.1. The predicted molar refractivity (Wildman–Crippen MR) is 93.6 cm³/mol. The van der Waals surface area contributed by atoms with Crippen LogP contribution in [0.15, 0.2) is 54.6 Å². The number of nitrogens with one attached hydrogen (secondary N) is 1. The van der Waals surface area contributed by atoms with Crippen LogP contribution in [-0.4, -0.2) is 24.2 Å². The summed E-state index contributed by atoms with van der Waals surface area (Å²) in [7, 11) is 0. The second kappa shape index (κ2) is 9.00. The van der Waals surface area contributed by atoms with Crippen molar-refractivity contribution < 1.29 is 14.3 Å². The topological polar surface area (TPSA) is 55.4 Å². The highest BCUT2D eigenvalue weighted by atomic mass is 32.2. The highest BCUT2D eigenvalue weighted by Crippen LogP contribution is 2.14. The molecule has 1 N–H and O–H groups in total. The maximum Gasteiger partial charge on any atom is 0.315 e. The van der Waals surface area contributed by atoms with Crippen LogP contribution in [0.3, 0.4) is 0 Å². The molecule has 0 aliphatic heterocycles. The molecule has 120 valence electrons. The molecule has 0 spiro atoms. The SMILES string of the molecule is CCOC(=O)CSCc1ccc(C(=O)Nc2ccccc2)cc1. The lowest BCUT2D eigenvalue weighted by molar-refractivity contribution is -0.139. The molecule has 0 heterocycles. The van der Waals surface area contributed by atoms with Gasteiger partial charge in [0, 0.05) is 17.0 Å². The second-order valence-electron chi connectivity index (χ2n) is 4.81. The molecular formula is C18H19NO3S. The Kier molecular flexibility index (Phi) is 6.69. The molecule has 1 amide bonds. The summed E-state index contributed by atoms with van der Waals surface area (Å²) in [6.45, 7) is 2.20. The van der Waals surface area contributed by atoms with Gasteiger partial charge >= 0.3 is 5.97 Å². The van der Waals surface area contributed by atoms with Gasteiger partial charge in [0.05, 0.1) is 12.4 Å². The molecule has 0 atom stereocenters. The van der Waals surface area contributed by atoms with E-state index >= 15 is 0 Å². The summed E-state index contributed by atoms with van der Waals surface area (Å²) in [6, 6.07) is 16.7. The Hall–Kier alpha value is -2.27. The summed E-state index contributed by atoms with van der Waals surface area (Å²) in [5.41, 5.74) is 2.44. The summed E-state index contributed by atoms with van der Waals surface area (Å²) in [6.07, 6.45) is 0. The number of ether oxygens (including phenoxy) is 1. The third kappa shape index (κ3) is 5.79. The van der Waals surface area contributed by atoms with E-state index in [1.165, 1.54) is 11.8 Å². The van der Waals surface area contributed by atoms with Crippen molar-refractivity contribution in [2.24, 2.45) is 0 Å². The molecule has 0 aromatic heterocycles. The molecule has 0 fully saturated rings. The quantitative estimate of drug-likeness (QED) is 0.786. The first kappa shape index (κ1) is 17.1. The van der Waals surface area contributed by atoms with Crippen LogP contribution in [0.1, 0.15) is 22.8 Å². The number of hydrogen-bond acceptors (Lipinski definition) is 4. The van der Waals surface area contributed by atoms with Crippen LogP contribution >= 0.6 is 11.8 Å². The summed E-state index contributed by atoms with van der Waals surface area (Å²) >= 11 is 1.50. The standard InChI is InChI=1S/C18H19NO3S/c1-2-22-17(20)13-23-12-14-8-10-15(11-9-14)18(21)19-16-6-4-3-5-7-16/h3-11H,2,12-13H2,1H3,(H,19,21). The number of hydrogen-bond donors (Lipinski definition) is 1. The van der Waals surface area contributed by atoms with Crippen molar-refractivity contribution in [2.45, 2.75) is 12.7 Å². The molecular weight excluding hydrogens is 310 g/mol. The van der Waals surface area contributed by atoms with Crippen LogP contribution in [0.25, 0.3) is 0 Å². The average Bonchev–Trinajstić information content (AvgIpc) is 2.56. The van der Waals surface area contributed by atoms with Crippen LogP contribution in [0, 0.1) is 0 Å². The Morgan fingerprint density at radius 2 is 1.74 bits per heavy atom. The maximum absolute atomic E-state index is 12.1. The first-order chi connectivity index (χ1) is 11.2. The number of carbonyl (C=O) groups excluding carboxylic acids is 2. The van der Waals surface area contributed by atoms with Gasteiger partial charge in [-0.05, 0) is 36.8 Å². The van der Waals surface area contributed by atoms with Gasteiger partial charge in [0.15, 0.2) is 0 Å². The molecule has 0 unspecified atom stereocenters. The fourth-order valence-electron chi connectivity index (χ4n) is 1.93. The largest absolute Gasteiger partial charge is 0.465 e. The van der Waals surface area contributed by atoms with Gasteiger partial charge in [-0.15, -0.1) is 11.8 Å². The molecule has 4 nitrogen and oxygen atoms in total. The molecule has 0 aliphatic rings. The van der Waals surface area contributed by atoms with Crippen LogP contribution in [0.2, 0.25) is 0 Å². The van der Waals surface area contributed by atoms with E-state index in [1.54, 1.807) is 19.1 Å². The number of amides is 1. The van der Waals surface area contributed by atoms with Crippen molar-refractivity contribution in [3.05, 3.63) is 65.7 Å². The van der Waals surface area contributed by atoms with Gasteiger partial charge in [0.1, 0.15) is 0 Å². The lowest BCUT2D eigenvalue weighted by Gasteiger charge is -2.06. The Balaban J connectivity index is 1.84. The molecule has 0 radical (unpaired) electrons. The van der Waals surface area contributed by atoms with Crippen LogP contribution in [0.4, 0.5) is 5.69 Å². The van der Waals surface area contributed by atoms with E-state index in [4.69, 9.17) is 4.74 Å². The van der Waals surface area contributed by atoms with E-state index in [1.807, 2.05) is 42.5 Å². The van der Waals surface area contributed by atoms with Gasteiger partial charge in [-0.1, -0.05) is 30.3 Å². The smallest absolute Gasteiger partial charge is 0.315 e. The van der Waals surface area contributed by atoms with Crippen molar-refractivity contribution in [2.75, 3.05) is 17.7 Å².